The minimum atomic E-state index is -1.20. The van der Waals surface area contributed by atoms with Crippen molar-refractivity contribution in [2.75, 3.05) is 6.61 Å². The van der Waals surface area contributed by atoms with E-state index in [9.17, 15) is 19.2 Å². The van der Waals surface area contributed by atoms with Gasteiger partial charge >= 0.3 is 17.9 Å². The van der Waals surface area contributed by atoms with Gasteiger partial charge in [0.05, 0.1) is 6.61 Å². The number of hydrogen-bond acceptors (Lipinski definition) is 9. The van der Waals surface area contributed by atoms with E-state index in [1.54, 1.807) is 12.1 Å². The summed E-state index contributed by atoms with van der Waals surface area (Å²) in [6.45, 7) is 4.40. The van der Waals surface area contributed by atoms with Gasteiger partial charge in [-0.25, -0.2) is 0 Å². The van der Waals surface area contributed by atoms with Gasteiger partial charge in [0.2, 0.25) is 5.91 Å². The average molecular weight is 506 g/mol. The van der Waals surface area contributed by atoms with Gasteiger partial charge in [0, 0.05) is 37.7 Å². The van der Waals surface area contributed by atoms with Crippen LogP contribution < -0.4 is 5.32 Å². The summed E-state index contributed by atoms with van der Waals surface area (Å²) in [5.41, 5.74) is 0.578. The molecule has 1 saturated heterocycles. The highest BCUT2D eigenvalue weighted by atomic mass is 35.5. The predicted molar refractivity (Wildman–Crippen MR) is 115 cm³/mol. The Hall–Kier alpha value is -2.40. The highest BCUT2D eigenvalue weighted by Crippen LogP contribution is 2.29. The van der Waals surface area contributed by atoms with E-state index in [-0.39, 0.29) is 13.2 Å². The summed E-state index contributed by atoms with van der Waals surface area (Å²) >= 11 is 12.1. The molecule has 1 aliphatic heterocycles. The zero-order valence-corrected chi connectivity index (χ0v) is 20.0. The predicted octanol–water partition coefficient (Wildman–Crippen LogP) is 2.17. The molecule has 1 amide bonds. The van der Waals surface area contributed by atoms with Crippen LogP contribution in [0.2, 0.25) is 10.0 Å². The van der Waals surface area contributed by atoms with E-state index in [1.165, 1.54) is 19.9 Å². The maximum atomic E-state index is 11.9. The topological polar surface area (TPSA) is 126 Å². The number of hydrogen-bond donors (Lipinski definition) is 1. The van der Waals surface area contributed by atoms with E-state index in [0.29, 0.717) is 15.6 Å². The number of carbonyl (C=O) groups excluding carboxylic acids is 4. The average Bonchev–Trinajstić information content (AvgIpc) is 2.68. The first-order chi connectivity index (χ1) is 15.5. The van der Waals surface area contributed by atoms with E-state index in [1.807, 2.05) is 0 Å². The van der Waals surface area contributed by atoms with E-state index < -0.39 is 54.5 Å². The number of esters is 3. The number of carbonyl (C=O) groups is 4. The van der Waals surface area contributed by atoms with Gasteiger partial charge < -0.3 is 29.0 Å². The van der Waals surface area contributed by atoms with Crippen molar-refractivity contribution in [3.05, 3.63) is 33.8 Å². The largest absolute Gasteiger partial charge is 0.463 e. The Morgan fingerprint density at radius 3 is 2.15 bits per heavy atom. The van der Waals surface area contributed by atoms with Crippen LogP contribution in [0.3, 0.4) is 0 Å². The quantitative estimate of drug-likeness (QED) is 0.417. The molecule has 2 rings (SSSR count). The lowest BCUT2D eigenvalue weighted by atomic mass is 9.96. The summed E-state index contributed by atoms with van der Waals surface area (Å²) in [5.74, 6) is -2.46. The van der Waals surface area contributed by atoms with E-state index >= 15 is 0 Å². The molecule has 0 bridgehead atoms. The minimum Gasteiger partial charge on any atom is -0.463 e. The summed E-state index contributed by atoms with van der Waals surface area (Å²) in [4.78, 5) is 46.8. The molecule has 1 fully saturated rings. The standard InChI is InChI=1S/C21H25Cl2NO9/c1-10(25)24-18-20(32-13(4)28)19(31-12(3)27)17(9-29-11(2)26)33-21(18)30-8-14-5-6-15(22)7-16(14)23/h5-7,17-21H,8-9H2,1-4H3,(H,24,25)/t17-,18+,19+,20+,21-/m1/s1. The number of rotatable bonds is 8. The first-order valence-electron chi connectivity index (χ1n) is 9.93. The van der Waals surface area contributed by atoms with Crippen molar-refractivity contribution in [2.24, 2.45) is 0 Å². The molecule has 1 aromatic rings. The first kappa shape index (κ1) is 26.8. The van der Waals surface area contributed by atoms with E-state index in [2.05, 4.69) is 5.32 Å². The van der Waals surface area contributed by atoms with Crippen LogP contribution in [0.4, 0.5) is 0 Å². The molecule has 1 aliphatic rings. The lowest BCUT2D eigenvalue weighted by Crippen LogP contribution is -2.66. The van der Waals surface area contributed by atoms with Crippen molar-refractivity contribution < 1.29 is 42.9 Å². The third-order valence-corrected chi connectivity index (χ3v) is 5.08. The molecule has 10 nitrogen and oxygen atoms in total. The van der Waals surface area contributed by atoms with Crippen LogP contribution in [0.15, 0.2) is 18.2 Å². The molecule has 5 atom stereocenters. The van der Waals surface area contributed by atoms with Crippen LogP contribution in [0.5, 0.6) is 0 Å². The number of halogens is 2. The van der Waals surface area contributed by atoms with Crippen LogP contribution >= 0.6 is 23.2 Å². The fourth-order valence-electron chi connectivity index (χ4n) is 3.24. The molecule has 12 heteroatoms. The van der Waals surface area contributed by atoms with Gasteiger partial charge in [-0.3, -0.25) is 19.2 Å². The first-order valence-corrected chi connectivity index (χ1v) is 10.7. The molecule has 0 aliphatic carbocycles. The Balaban J connectivity index is 2.38. The van der Waals surface area contributed by atoms with Gasteiger partial charge in [0.1, 0.15) is 18.8 Å². The molecule has 0 spiro atoms. The van der Waals surface area contributed by atoms with Gasteiger partial charge in [0.25, 0.3) is 0 Å². The minimum absolute atomic E-state index is 0.0535. The van der Waals surface area contributed by atoms with Crippen LogP contribution in [-0.2, 0) is 49.5 Å². The highest BCUT2D eigenvalue weighted by molar-refractivity contribution is 6.35. The normalized spacial score (nSPS) is 24.5. The van der Waals surface area contributed by atoms with Crippen molar-refractivity contribution in [1.82, 2.24) is 5.32 Å². The lowest BCUT2D eigenvalue weighted by Gasteiger charge is -2.44. The molecule has 1 aromatic carbocycles. The van der Waals surface area contributed by atoms with Gasteiger partial charge in [-0.15, -0.1) is 0 Å². The van der Waals surface area contributed by atoms with Crippen LogP contribution in [-0.4, -0.2) is 61.1 Å². The van der Waals surface area contributed by atoms with Gasteiger partial charge in [-0.2, -0.15) is 0 Å². The fourth-order valence-corrected chi connectivity index (χ4v) is 3.71. The van der Waals surface area contributed by atoms with Gasteiger partial charge in [0.15, 0.2) is 18.5 Å². The Kier molecular flexibility index (Phi) is 9.90. The van der Waals surface area contributed by atoms with Crippen molar-refractivity contribution in [1.29, 1.82) is 0 Å². The van der Waals surface area contributed by atoms with E-state index in [0.717, 1.165) is 13.8 Å². The second-order valence-electron chi connectivity index (χ2n) is 7.27. The second-order valence-corrected chi connectivity index (χ2v) is 8.11. The van der Waals surface area contributed by atoms with Crippen molar-refractivity contribution in [3.8, 4) is 0 Å². The number of benzene rings is 1. The van der Waals surface area contributed by atoms with Crippen LogP contribution in [0, 0.1) is 0 Å². The maximum Gasteiger partial charge on any atom is 0.303 e. The number of nitrogens with one attached hydrogen (secondary N) is 1. The summed E-state index contributed by atoms with van der Waals surface area (Å²) in [7, 11) is 0. The molecule has 182 valence electrons. The summed E-state index contributed by atoms with van der Waals surface area (Å²) in [6.07, 6.45) is -4.63. The third-order valence-electron chi connectivity index (χ3n) is 4.49. The molecule has 33 heavy (non-hydrogen) atoms. The van der Waals surface area contributed by atoms with E-state index in [4.69, 9.17) is 46.9 Å². The van der Waals surface area contributed by atoms with Crippen molar-refractivity contribution >= 4 is 47.0 Å². The molecule has 0 aromatic heterocycles. The summed E-state index contributed by atoms with van der Waals surface area (Å²) in [6, 6.07) is 3.76. The van der Waals surface area contributed by atoms with Gasteiger partial charge in [-0.1, -0.05) is 29.3 Å². The Morgan fingerprint density at radius 1 is 0.970 bits per heavy atom. The maximum absolute atomic E-state index is 11.9. The molecular weight excluding hydrogens is 481 g/mol. The Labute approximate surface area is 200 Å². The Morgan fingerprint density at radius 2 is 1.61 bits per heavy atom. The molecule has 1 N–H and O–H groups in total. The summed E-state index contributed by atoms with van der Waals surface area (Å²) < 4.78 is 27.5. The van der Waals surface area contributed by atoms with Gasteiger partial charge in [-0.05, 0) is 17.7 Å². The molecule has 1 heterocycles. The molecule has 0 radical (unpaired) electrons. The second kappa shape index (κ2) is 12.2. The zero-order valence-electron chi connectivity index (χ0n) is 18.5. The lowest BCUT2D eigenvalue weighted by molar-refractivity contribution is -0.280. The molecule has 0 saturated carbocycles. The zero-order chi connectivity index (χ0) is 24.7. The fraction of sp³-hybridized carbons (Fsp3) is 0.524. The van der Waals surface area contributed by atoms with Crippen LogP contribution in [0.1, 0.15) is 33.3 Å². The third kappa shape index (κ3) is 8.15. The molecule has 0 unspecified atom stereocenters. The molecular formula is C21H25Cl2NO9. The highest BCUT2D eigenvalue weighted by Gasteiger charge is 2.51. The summed E-state index contributed by atoms with van der Waals surface area (Å²) in [5, 5.41) is 3.40. The Bertz CT molecular complexity index is 894. The van der Waals surface area contributed by atoms with Crippen molar-refractivity contribution in [2.45, 2.75) is 64.9 Å². The van der Waals surface area contributed by atoms with Crippen LogP contribution in [0.25, 0.3) is 0 Å². The van der Waals surface area contributed by atoms with Crippen molar-refractivity contribution in [3.63, 3.8) is 0 Å². The number of ether oxygens (including phenoxy) is 5. The SMILES string of the molecule is CC(=O)N[C@@H]1[C@H](OCc2ccc(Cl)cc2Cl)O[C@H](COC(C)=O)[C@H](OC(C)=O)[C@H]1OC(C)=O. The smallest absolute Gasteiger partial charge is 0.303 e. The monoisotopic (exact) mass is 505 g/mol. The number of amides is 1.